The Morgan fingerprint density at radius 3 is 2.62 bits per heavy atom. The second kappa shape index (κ2) is 9.78. The summed E-state index contributed by atoms with van der Waals surface area (Å²) in [4.78, 5) is 24.6. The number of carbonyl (C=O) groups is 2. The van der Waals surface area contributed by atoms with Gasteiger partial charge in [-0.05, 0) is 18.2 Å². The number of halogens is 3. The lowest BCUT2D eigenvalue weighted by atomic mass is 9.86. The van der Waals surface area contributed by atoms with Crippen molar-refractivity contribution in [3.8, 4) is 11.8 Å². The maximum Gasteiger partial charge on any atom is 0.418 e. The van der Waals surface area contributed by atoms with Crippen molar-refractivity contribution in [3.63, 3.8) is 0 Å². The third kappa shape index (κ3) is 5.23. The van der Waals surface area contributed by atoms with Crippen LogP contribution in [0.2, 0.25) is 0 Å². The highest BCUT2D eigenvalue weighted by molar-refractivity contribution is 8.03. The minimum absolute atomic E-state index is 0.0263. The molecule has 0 aromatic heterocycles. The minimum Gasteiger partial charge on any atom is -0.496 e. The zero-order valence-electron chi connectivity index (χ0n) is 16.8. The fourth-order valence-corrected chi connectivity index (χ4v) is 4.19. The topological polar surface area (TPSA) is 91.2 Å². The Labute approximate surface area is 186 Å². The highest BCUT2D eigenvalue weighted by Gasteiger charge is 2.34. The van der Waals surface area contributed by atoms with Gasteiger partial charge in [-0.2, -0.15) is 18.4 Å². The molecule has 0 saturated carbocycles. The molecular weight excluding hydrogens is 443 g/mol. The first-order chi connectivity index (χ1) is 15.2. The van der Waals surface area contributed by atoms with E-state index in [1.807, 2.05) is 0 Å². The zero-order valence-corrected chi connectivity index (χ0v) is 17.6. The fourth-order valence-electron chi connectivity index (χ4n) is 3.32. The van der Waals surface area contributed by atoms with Crippen molar-refractivity contribution in [2.24, 2.45) is 0 Å². The van der Waals surface area contributed by atoms with Crippen LogP contribution in [-0.4, -0.2) is 24.7 Å². The summed E-state index contributed by atoms with van der Waals surface area (Å²) >= 11 is 0.877. The number of nitrogens with one attached hydrogen (secondary N) is 2. The summed E-state index contributed by atoms with van der Waals surface area (Å²) in [5.41, 5.74) is -0.414. The predicted molar refractivity (Wildman–Crippen MR) is 114 cm³/mol. The van der Waals surface area contributed by atoms with Gasteiger partial charge in [0.05, 0.1) is 40.8 Å². The first-order valence-corrected chi connectivity index (χ1v) is 10.4. The van der Waals surface area contributed by atoms with Crippen LogP contribution < -0.4 is 15.4 Å². The zero-order chi connectivity index (χ0) is 23.3. The number of para-hydroxylation sites is 2. The Bertz CT molecular complexity index is 1110. The lowest BCUT2D eigenvalue weighted by Gasteiger charge is -2.26. The number of carbonyl (C=O) groups excluding carboxylic acids is 2. The summed E-state index contributed by atoms with van der Waals surface area (Å²) in [6.45, 7) is 0. The van der Waals surface area contributed by atoms with Crippen molar-refractivity contribution in [1.82, 2.24) is 5.32 Å². The van der Waals surface area contributed by atoms with Gasteiger partial charge >= 0.3 is 6.18 Å². The van der Waals surface area contributed by atoms with E-state index >= 15 is 0 Å². The van der Waals surface area contributed by atoms with Crippen molar-refractivity contribution in [2.45, 2.75) is 18.5 Å². The molecule has 1 heterocycles. The molecule has 2 aromatic rings. The first kappa shape index (κ1) is 23.2. The van der Waals surface area contributed by atoms with E-state index in [-0.39, 0.29) is 34.4 Å². The summed E-state index contributed by atoms with van der Waals surface area (Å²) < 4.78 is 44.7. The maximum absolute atomic E-state index is 13.1. The normalized spacial score (nSPS) is 16.2. The lowest BCUT2D eigenvalue weighted by molar-refractivity contribution is -0.137. The third-order valence-corrected chi connectivity index (χ3v) is 5.74. The van der Waals surface area contributed by atoms with Crippen molar-refractivity contribution in [2.75, 3.05) is 18.2 Å². The van der Waals surface area contributed by atoms with Crippen molar-refractivity contribution in [1.29, 1.82) is 5.26 Å². The number of hydrogen-bond acceptors (Lipinski definition) is 5. The van der Waals surface area contributed by atoms with E-state index in [1.54, 1.807) is 24.3 Å². The Kier molecular flexibility index (Phi) is 7.10. The Hall–Kier alpha value is -3.45. The van der Waals surface area contributed by atoms with Crippen LogP contribution in [-0.2, 0) is 15.8 Å². The standard InChI is InChI=1S/C22H18F3N3O3S/c1-31-18-9-5-2-6-13(18)14-10-19(29)28-21(15(14)11-26)32-12-20(30)27-17-8-4-3-7-16(17)22(23,24)25/h2-9,14H,10,12H2,1H3,(H,27,30)(H,28,29)/t14-/m0/s1. The average molecular weight is 461 g/mol. The van der Waals surface area contributed by atoms with Gasteiger partial charge in [0.2, 0.25) is 11.8 Å². The summed E-state index contributed by atoms with van der Waals surface area (Å²) in [7, 11) is 1.48. The second-order valence-electron chi connectivity index (χ2n) is 6.78. The van der Waals surface area contributed by atoms with Crippen LogP contribution in [0, 0.1) is 11.3 Å². The molecule has 6 nitrogen and oxygen atoms in total. The van der Waals surface area contributed by atoms with Crippen molar-refractivity contribution < 1.29 is 27.5 Å². The molecule has 1 aliphatic heterocycles. The third-order valence-electron chi connectivity index (χ3n) is 4.72. The molecule has 1 atom stereocenters. The summed E-state index contributed by atoms with van der Waals surface area (Å²) in [5, 5.41) is 14.8. The van der Waals surface area contributed by atoms with Gasteiger partial charge in [0.1, 0.15) is 5.75 Å². The van der Waals surface area contributed by atoms with Gasteiger partial charge in [-0.3, -0.25) is 9.59 Å². The van der Waals surface area contributed by atoms with Gasteiger partial charge in [0.15, 0.2) is 0 Å². The average Bonchev–Trinajstić information content (AvgIpc) is 2.76. The predicted octanol–water partition coefficient (Wildman–Crippen LogP) is 4.42. The molecule has 0 unspecified atom stereocenters. The number of nitriles is 1. The maximum atomic E-state index is 13.1. The van der Waals surface area contributed by atoms with Gasteiger partial charge < -0.3 is 15.4 Å². The van der Waals surface area contributed by atoms with E-state index in [0.717, 1.165) is 23.9 Å². The quantitative estimate of drug-likeness (QED) is 0.665. The molecule has 32 heavy (non-hydrogen) atoms. The van der Waals surface area contributed by atoms with Crippen molar-refractivity contribution in [3.05, 3.63) is 70.3 Å². The Morgan fingerprint density at radius 2 is 1.94 bits per heavy atom. The number of anilines is 1. The van der Waals surface area contributed by atoms with Crippen LogP contribution in [0.3, 0.4) is 0 Å². The number of hydrogen-bond donors (Lipinski definition) is 2. The van der Waals surface area contributed by atoms with E-state index in [0.29, 0.717) is 11.3 Å². The summed E-state index contributed by atoms with van der Waals surface area (Å²) in [6, 6.07) is 13.7. The SMILES string of the molecule is COc1ccccc1[C@@H]1CC(=O)NC(SCC(=O)Nc2ccccc2C(F)(F)F)=C1C#N. The van der Waals surface area contributed by atoms with Gasteiger partial charge in [-0.1, -0.05) is 42.1 Å². The number of methoxy groups -OCH3 is 1. The summed E-state index contributed by atoms with van der Waals surface area (Å²) in [6.07, 6.45) is -4.59. The number of alkyl halides is 3. The van der Waals surface area contributed by atoms with Crippen molar-refractivity contribution >= 4 is 29.3 Å². The molecule has 0 spiro atoms. The number of nitrogens with zero attached hydrogens (tertiary/aromatic N) is 1. The van der Waals surface area contributed by atoms with E-state index in [2.05, 4.69) is 16.7 Å². The molecule has 10 heteroatoms. The Morgan fingerprint density at radius 1 is 1.25 bits per heavy atom. The molecule has 3 rings (SSSR count). The van der Waals surface area contributed by atoms with Crippen LogP contribution in [0.25, 0.3) is 0 Å². The molecule has 166 valence electrons. The van der Waals surface area contributed by atoms with Gasteiger partial charge in [-0.15, -0.1) is 0 Å². The molecule has 0 saturated heterocycles. The van der Waals surface area contributed by atoms with E-state index < -0.39 is 23.6 Å². The van der Waals surface area contributed by atoms with Crippen LogP contribution in [0.5, 0.6) is 5.75 Å². The van der Waals surface area contributed by atoms with E-state index in [1.165, 1.54) is 19.2 Å². The second-order valence-corrected chi connectivity index (χ2v) is 7.77. The largest absolute Gasteiger partial charge is 0.496 e. The highest BCUT2D eigenvalue weighted by atomic mass is 32.2. The molecular formula is C22H18F3N3O3S. The van der Waals surface area contributed by atoms with E-state index in [9.17, 15) is 28.0 Å². The molecule has 2 aromatic carbocycles. The number of allylic oxidation sites excluding steroid dienone is 1. The monoisotopic (exact) mass is 461 g/mol. The molecule has 1 aliphatic rings. The lowest BCUT2D eigenvalue weighted by Crippen LogP contribution is -2.31. The van der Waals surface area contributed by atoms with Gasteiger partial charge in [0, 0.05) is 17.9 Å². The fraction of sp³-hybridized carbons (Fsp3) is 0.227. The van der Waals surface area contributed by atoms with Crippen LogP contribution in [0.4, 0.5) is 18.9 Å². The Balaban J connectivity index is 1.80. The molecule has 2 amide bonds. The van der Waals surface area contributed by atoms with Crippen LogP contribution in [0.1, 0.15) is 23.5 Å². The highest BCUT2D eigenvalue weighted by Crippen LogP contribution is 2.40. The number of amides is 2. The number of ether oxygens (including phenoxy) is 1. The summed E-state index contributed by atoms with van der Waals surface area (Å²) in [5.74, 6) is -1.39. The number of thioether (sulfide) groups is 1. The smallest absolute Gasteiger partial charge is 0.418 e. The van der Waals surface area contributed by atoms with Crippen LogP contribution >= 0.6 is 11.8 Å². The molecule has 0 radical (unpaired) electrons. The molecule has 0 bridgehead atoms. The number of rotatable bonds is 6. The minimum atomic E-state index is -4.62. The number of benzene rings is 2. The molecule has 0 fully saturated rings. The van der Waals surface area contributed by atoms with Gasteiger partial charge in [0.25, 0.3) is 0 Å². The van der Waals surface area contributed by atoms with Gasteiger partial charge in [-0.25, -0.2) is 0 Å². The molecule has 2 N–H and O–H groups in total. The molecule has 0 aliphatic carbocycles. The van der Waals surface area contributed by atoms with Crippen LogP contribution in [0.15, 0.2) is 59.1 Å². The van der Waals surface area contributed by atoms with E-state index in [4.69, 9.17) is 4.74 Å². The first-order valence-electron chi connectivity index (χ1n) is 9.40.